The maximum absolute atomic E-state index is 12.7. The van der Waals surface area contributed by atoms with Crippen molar-refractivity contribution in [3.8, 4) is 0 Å². The molecule has 3 aliphatic heterocycles. The van der Waals surface area contributed by atoms with Crippen molar-refractivity contribution in [2.45, 2.75) is 62.9 Å². The number of Topliss-reactive ketones (excluding diaryl/α,β-unsaturated/α-hetero) is 1. The quantitative estimate of drug-likeness (QED) is 0.725. The van der Waals surface area contributed by atoms with Crippen LogP contribution in [0.5, 0.6) is 0 Å². The van der Waals surface area contributed by atoms with Gasteiger partial charge in [-0.2, -0.15) is 0 Å². The monoisotopic (exact) mass is 277 g/mol. The molecule has 1 unspecified atom stereocenters. The number of piperidine rings is 1. The SMILES string of the molecule is C[C@@H]1C[C@H]2CC(=O)[C@]3(O)CC4CN5CCC[C@]23[C@]5(C1)O4. The average molecular weight is 277 g/mol. The van der Waals surface area contributed by atoms with Gasteiger partial charge < -0.3 is 9.84 Å². The molecule has 3 saturated heterocycles. The minimum Gasteiger partial charge on any atom is -0.381 e. The van der Waals surface area contributed by atoms with E-state index in [-0.39, 0.29) is 23.0 Å². The minimum absolute atomic E-state index is 0.0548. The number of ketones is 1. The third kappa shape index (κ3) is 0.994. The third-order valence-corrected chi connectivity index (χ3v) is 7.16. The maximum atomic E-state index is 12.7. The summed E-state index contributed by atoms with van der Waals surface area (Å²) in [5, 5.41) is 11.4. The zero-order chi connectivity index (χ0) is 13.8. The van der Waals surface area contributed by atoms with Crippen molar-refractivity contribution in [2.75, 3.05) is 13.1 Å². The Morgan fingerprint density at radius 1 is 1.40 bits per heavy atom. The van der Waals surface area contributed by atoms with Crippen LogP contribution < -0.4 is 0 Å². The first-order valence-electron chi connectivity index (χ1n) is 8.20. The first-order chi connectivity index (χ1) is 9.52. The van der Waals surface area contributed by atoms with Crippen LogP contribution in [-0.2, 0) is 9.53 Å². The van der Waals surface area contributed by atoms with Crippen LogP contribution in [0.4, 0.5) is 0 Å². The molecule has 2 spiro atoms. The fourth-order valence-electron chi connectivity index (χ4n) is 6.81. The Balaban J connectivity index is 1.79. The molecule has 5 aliphatic rings. The van der Waals surface area contributed by atoms with Gasteiger partial charge >= 0.3 is 0 Å². The number of nitrogens with zero attached hydrogens (tertiary/aromatic N) is 1. The highest BCUT2D eigenvalue weighted by Crippen LogP contribution is 2.72. The van der Waals surface area contributed by atoms with Gasteiger partial charge in [-0.15, -0.1) is 0 Å². The second-order valence-electron chi connectivity index (χ2n) is 7.98. The van der Waals surface area contributed by atoms with Gasteiger partial charge in [0.25, 0.3) is 0 Å². The summed E-state index contributed by atoms with van der Waals surface area (Å²) in [4.78, 5) is 15.2. The van der Waals surface area contributed by atoms with E-state index < -0.39 is 5.60 Å². The predicted octanol–water partition coefficient (Wildman–Crippen LogP) is 1.32. The van der Waals surface area contributed by atoms with Gasteiger partial charge in [0.1, 0.15) is 11.3 Å². The second kappa shape index (κ2) is 3.31. The molecule has 0 aromatic carbocycles. The Hall–Kier alpha value is -0.450. The Morgan fingerprint density at radius 3 is 3.10 bits per heavy atom. The number of aliphatic hydroxyl groups is 1. The van der Waals surface area contributed by atoms with Gasteiger partial charge in [0.2, 0.25) is 0 Å². The molecule has 5 fully saturated rings. The molecule has 6 atom stereocenters. The normalized spacial score (nSPS) is 60.7. The van der Waals surface area contributed by atoms with Gasteiger partial charge in [0.15, 0.2) is 5.78 Å². The molecule has 20 heavy (non-hydrogen) atoms. The van der Waals surface area contributed by atoms with Gasteiger partial charge in [0, 0.05) is 25.9 Å². The summed E-state index contributed by atoms with van der Waals surface area (Å²) in [5.74, 6) is 1.02. The molecule has 5 rings (SSSR count). The van der Waals surface area contributed by atoms with Crippen LogP contribution in [-0.4, -0.2) is 46.3 Å². The zero-order valence-electron chi connectivity index (χ0n) is 12.1. The molecular formula is C16H23NO3. The largest absolute Gasteiger partial charge is 0.381 e. The van der Waals surface area contributed by atoms with Crippen LogP contribution in [0.25, 0.3) is 0 Å². The van der Waals surface area contributed by atoms with E-state index in [1.807, 2.05) is 0 Å². The smallest absolute Gasteiger partial charge is 0.165 e. The first-order valence-corrected chi connectivity index (χ1v) is 8.20. The lowest BCUT2D eigenvalue weighted by Gasteiger charge is -2.65. The number of hydrogen-bond donors (Lipinski definition) is 1. The molecule has 0 aromatic heterocycles. The maximum Gasteiger partial charge on any atom is 0.165 e. The van der Waals surface area contributed by atoms with E-state index in [2.05, 4.69) is 11.8 Å². The van der Waals surface area contributed by atoms with E-state index >= 15 is 0 Å². The highest BCUT2D eigenvalue weighted by Gasteiger charge is 2.81. The second-order valence-corrected chi connectivity index (χ2v) is 7.98. The van der Waals surface area contributed by atoms with E-state index in [0.29, 0.717) is 24.7 Å². The Kier molecular flexibility index (Phi) is 2.01. The van der Waals surface area contributed by atoms with Crippen LogP contribution in [0.15, 0.2) is 0 Å². The highest BCUT2D eigenvalue weighted by atomic mass is 16.6. The molecule has 0 radical (unpaired) electrons. The summed E-state index contributed by atoms with van der Waals surface area (Å²) in [6.45, 7) is 4.27. The minimum atomic E-state index is -1.10. The van der Waals surface area contributed by atoms with Crippen molar-refractivity contribution in [1.29, 1.82) is 0 Å². The summed E-state index contributed by atoms with van der Waals surface area (Å²) in [6, 6.07) is 0. The number of ether oxygens (including phenoxy) is 1. The lowest BCUT2D eigenvalue weighted by molar-refractivity contribution is -0.321. The molecule has 3 heterocycles. The molecule has 4 nitrogen and oxygen atoms in total. The van der Waals surface area contributed by atoms with Crippen molar-refractivity contribution in [3.05, 3.63) is 0 Å². The third-order valence-electron chi connectivity index (χ3n) is 7.16. The summed E-state index contributed by atoms with van der Waals surface area (Å²) >= 11 is 0. The molecule has 2 bridgehead atoms. The molecule has 0 amide bonds. The van der Waals surface area contributed by atoms with Crippen molar-refractivity contribution >= 4 is 5.78 Å². The van der Waals surface area contributed by atoms with Gasteiger partial charge in [-0.05, 0) is 37.5 Å². The van der Waals surface area contributed by atoms with E-state index in [0.717, 1.165) is 38.8 Å². The van der Waals surface area contributed by atoms with Crippen molar-refractivity contribution < 1.29 is 14.6 Å². The molecular weight excluding hydrogens is 254 g/mol. The molecule has 4 heteroatoms. The van der Waals surface area contributed by atoms with Crippen LogP contribution in [0.1, 0.15) is 45.4 Å². The molecule has 2 saturated carbocycles. The summed E-state index contributed by atoms with van der Waals surface area (Å²) in [6.07, 6.45) is 5.31. The van der Waals surface area contributed by atoms with Crippen molar-refractivity contribution in [3.63, 3.8) is 0 Å². The van der Waals surface area contributed by atoms with Crippen molar-refractivity contribution in [2.24, 2.45) is 17.3 Å². The summed E-state index contributed by atoms with van der Waals surface area (Å²) in [7, 11) is 0. The summed E-state index contributed by atoms with van der Waals surface area (Å²) < 4.78 is 6.53. The van der Waals surface area contributed by atoms with Crippen LogP contribution in [0, 0.1) is 17.3 Å². The number of carbonyl (C=O) groups is 1. The molecule has 0 aromatic rings. The Morgan fingerprint density at radius 2 is 2.25 bits per heavy atom. The zero-order valence-corrected chi connectivity index (χ0v) is 12.1. The average Bonchev–Trinajstić information content (AvgIpc) is 2.80. The Bertz CT molecular complexity index is 508. The lowest BCUT2D eigenvalue weighted by atomic mass is 9.50. The fourth-order valence-corrected chi connectivity index (χ4v) is 6.81. The number of rotatable bonds is 0. The first kappa shape index (κ1) is 12.1. The number of fused-ring (bicyclic) bond motifs is 1. The van der Waals surface area contributed by atoms with Gasteiger partial charge in [0.05, 0.1) is 11.5 Å². The lowest BCUT2D eigenvalue weighted by Crippen LogP contribution is -2.74. The molecule has 110 valence electrons. The van der Waals surface area contributed by atoms with E-state index in [1.165, 1.54) is 0 Å². The molecule has 1 N–H and O–H groups in total. The number of hydrogen-bond acceptors (Lipinski definition) is 4. The van der Waals surface area contributed by atoms with E-state index in [1.54, 1.807) is 0 Å². The van der Waals surface area contributed by atoms with E-state index in [4.69, 9.17) is 4.74 Å². The Labute approximate surface area is 119 Å². The van der Waals surface area contributed by atoms with Crippen molar-refractivity contribution in [1.82, 2.24) is 4.90 Å². The fraction of sp³-hybridized carbons (Fsp3) is 0.938. The highest BCUT2D eigenvalue weighted by molar-refractivity contribution is 5.92. The van der Waals surface area contributed by atoms with Gasteiger partial charge in [-0.3, -0.25) is 9.69 Å². The van der Waals surface area contributed by atoms with Crippen LogP contribution >= 0.6 is 0 Å². The topological polar surface area (TPSA) is 49.8 Å². The van der Waals surface area contributed by atoms with Gasteiger partial charge in [-0.1, -0.05) is 6.92 Å². The standard InChI is InChI=1S/C16H23NO3/c1-10-5-11-6-13(18)15(19)8-12-9-17-4-2-3-14(11,15)16(17,7-10)20-12/h10-12,19H,2-9H2,1H3/t10-,11+,12?,14+,15-,16+/m1/s1. The van der Waals surface area contributed by atoms with Gasteiger partial charge in [-0.25, -0.2) is 0 Å². The summed E-state index contributed by atoms with van der Waals surface area (Å²) in [5.41, 5.74) is -1.75. The molecule has 2 aliphatic carbocycles. The number of carbonyl (C=O) groups excluding carboxylic acids is 1. The van der Waals surface area contributed by atoms with Crippen LogP contribution in [0.2, 0.25) is 0 Å². The predicted molar refractivity (Wildman–Crippen MR) is 71.9 cm³/mol. The van der Waals surface area contributed by atoms with E-state index in [9.17, 15) is 9.90 Å². The van der Waals surface area contributed by atoms with Crippen LogP contribution in [0.3, 0.4) is 0 Å².